The maximum Gasteiger partial charge on any atom is 0.171 e. The Kier molecular flexibility index (Phi) is 2.30. The van der Waals surface area contributed by atoms with Crippen LogP contribution < -0.4 is 0 Å². The molecule has 0 amide bonds. The zero-order valence-corrected chi connectivity index (χ0v) is 9.69. The van der Waals surface area contributed by atoms with Gasteiger partial charge in [-0.25, -0.2) is 0 Å². The Labute approximate surface area is 103 Å². The lowest BCUT2D eigenvalue weighted by atomic mass is 10.1. The lowest BCUT2D eigenvalue weighted by Crippen LogP contribution is -1.77. The summed E-state index contributed by atoms with van der Waals surface area (Å²) in [5, 5.41) is 14.4. The summed E-state index contributed by atoms with van der Waals surface area (Å²) < 4.78 is 5.20. The van der Waals surface area contributed by atoms with E-state index >= 15 is 0 Å². The van der Waals surface area contributed by atoms with E-state index in [-0.39, 0.29) is 5.75 Å². The second-order valence-corrected chi connectivity index (χ2v) is 4.22. The predicted molar refractivity (Wildman–Crippen MR) is 68.4 cm³/mol. The summed E-state index contributed by atoms with van der Waals surface area (Å²) in [6.07, 6.45) is 0. The van der Waals surface area contributed by atoms with E-state index in [0.717, 1.165) is 16.6 Å². The van der Waals surface area contributed by atoms with Crippen molar-refractivity contribution in [3.63, 3.8) is 0 Å². The van der Waals surface area contributed by atoms with Crippen molar-refractivity contribution >= 4 is 23.6 Å². The number of phenols is 1. The molecule has 0 aliphatic carbocycles. The van der Waals surface area contributed by atoms with E-state index in [0.29, 0.717) is 10.5 Å². The summed E-state index contributed by atoms with van der Waals surface area (Å²) in [6.45, 7) is 0. The van der Waals surface area contributed by atoms with E-state index in [1.807, 2.05) is 30.3 Å². The second kappa shape index (κ2) is 3.82. The summed E-state index contributed by atoms with van der Waals surface area (Å²) in [5.41, 5.74) is 2.29. The second-order valence-electron chi connectivity index (χ2n) is 3.73. The molecule has 0 saturated heterocycles. The van der Waals surface area contributed by atoms with E-state index in [9.17, 15) is 5.11 Å². The van der Waals surface area contributed by atoms with Gasteiger partial charge in [-0.2, -0.15) is 0 Å². The van der Waals surface area contributed by atoms with Crippen molar-refractivity contribution in [1.29, 1.82) is 0 Å². The number of nitrogens with zero attached hydrogens (tertiary/aromatic N) is 1. The van der Waals surface area contributed by atoms with E-state index in [2.05, 4.69) is 17.8 Å². The minimum absolute atomic E-state index is 0.0941. The molecule has 17 heavy (non-hydrogen) atoms. The lowest BCUT2D eigenvalue weighted by Gasteiger charge is -1.98. The van der Waals surface area contributed by atoms with Crippen LogP contribution in [0.15, 0.2) is 51.9 Å². The van der Waals surface area contributed by atoms with E-state index in [4.69, 9.17) is 4.52 Å². The largest absolute Gasteiger partial charge is 0.507 e. The highest BCUT2D eigenvalue weighted by atomic mass is 32.1. The molecule has 3 rings (SSSR count). The van der Waals surface area contributed by atoms with Gasteiger partial charge < -0.3 is 9.63 Å². The van der Waals surface area contributed by atoms with Gasteiger partial charge in [-0.05, 0) is 6.07 Å². The van der Waals surface area contributed by atoms with Crippen molar-refractivity contribution in [3.8, 4) is 17.0 Å². The summed E-state index contributed by atoms with van der Waals surface area (Å²) in [4.78, 5) is 0.512. The molecule has 0 atom stereocenters. The average molecular weight is 243 g/mol. The van der Waals surface area contributed by atoms with Crippen molar-refractivity contribution in [3.05, 3.63) is 42.5 Å². The third kappa shape index (κ3) is 1.66. The summed E-state index contributed by atoms with van der Waals surface area (Å²) in [5.74, 6) is 0.0941. The Morgan fingerprint density at radius 1 is 1.12 bits per heavy atom. The normalized spacial score (nSPS) is 10.9. The van der Waals surface area contributed by atoms with Crippen LogP contribution in [0.5, 0.6) is 5.75 Å². The Morgan fingerprint density at radius 3 is 2.65 bits per heavy atom. The van der Waals surface area contributed by atoms with Crippen molar-refractivity contribution in [2.24, 2.45) is 0 Å². The highest BCUT2D eigenvalue weighted by Gasteiger charge is 2.12. The maximum atomic E-state index is 9.53. The smallest absolute Gasteiger partial charge is 0.171 e. The van der Waals surface area contributed by atoms with Crippen molar-refractivity contribution < 1.29 is 9.63 Å². The fourth-order valence-corrected chi connectivity index (χ4v) is 1.96. The van der Waals surface area contributed by atoms with Crippen molar-refractivity contribution in [2.75, 3.05) is 0 Å². The third-order valence-electron chi connectivity index (χ3n) is 2.61. The molecule has 3 nitrogen and oxygen atoms in total. The first-order chi connectivity index (χ1) is 8.25. The molecule has 0 bridgehead atoms. The Bertz CT molecular complexity index is 676. The van der Waals surface area contributed by atoms with Gasteiger partial charge in [-0.15, -0.1) is 12.6 Å². The molecule has 0 spiro atoms. The molecule has 0 saturated carbocycles. The Morgan fingerprint density at radius 2 is 1.88 bits per heavy atom. The molecule has 1 N–H and O–H groups in total. The third-order valence-corrected chi connectivity index (χ3v) is 2.97. The monoisotopic (exact) mass is 243 g/mol. The molecular weight excluding hydrogens is 234 g/mol. The van der Waals surface area contributed by atoms with Crippen LogP contribution in [0.3, 0.4) is 0 Å². The molecular formula is C13H9NO2S. The van der Waals surface area contributed by atoms with Crippen molar-refractivity contribution in [2.45, 2.75) is 4.90 Å². The lowest BCUT2D eigenvalue weighted by molar-refractivity contribution is 0.446. The fraction of sp³-hybridized carbons (Fsp3) is 0. The molecule has 0 radical (unpaired) electrons. The van der Waals surface area contributed by atoms with E-state index < -0.39 is 0 Å². The SMILES string of the molecule is Oc1cc2onc(-c3ccccc3)c2cc1S. The first-order valence-corrected chi connectivity index (χ1v) is 5.57. The molecule has 84 valence electrons. The number of aromatic hydroxyl groups is 1. The van der Waals surface area contributed by atoms with Gasteiger partial charge >= 0.3 is 0 Å². The van der Waals surface area contributed by atoms with Crippen LogP contribution >= 0.6 is 12.6 Å². The number of thiol groups is 1. The number of aromatic nitrogens is 1. The van der Waals surface area contributed by atoms with Crippen LogP contribution in [0.2, 0.25) is 0 Å². The Hall–Kier alpha value is -1.94. The van der Waals surface area contributed by atoms with E-state index in [1.54, 1.807) is 6.07 Å². The van der Waals surface area contributed by atoms with Gasteiger partial charge in [0, 0.05) is 16.5 Å². The van der Waals surface area contributed by atoms with Crippen LogP contribution in [-0.4, -0.2) is 10.3 Å². The Balaban J connectivity index is 2.29. The zero-order chi connectivity index (χ0) is 11.8. The first-order valence-electron chi connectivity index (χ1n) is 5.12. The van der Waals surface area contributed by atoms with E-state index in [1.165, 1.54) is 6.07 Å². The van der Waals surface area contributed by atoms with Crippen LogP contribution in [0, 0.1) is 0 Å². The molecule has 0 aliphatic rings. The molecule has 0 unspecified atom stereocenters. The van der Waals surface area contributed by atoms with Crippen LogP contribution in [0.1, 0.15) is 0 Å². The summed E-state index contributed by atoms with van der Waals surface area (Å²) >= 11 is 4.19. The first kappa shape index (κ1) is 10.2. The number of hydrogen-bond acceptors (Lipinski definition) is 4. The number of fused-ring (bicyclic) bond motifs is 1. The summed E-state index contributed by atoms with van der Waals surface area (Å²) in [6, 6.07) is 13.0. The molecule has 2 aromatic carbocycles. The quantitative estimate of drug-likeness (QED) is 0.643. The summed E-state index contributed by atoms with van der Waals surface area (Å²) in [7, 11) is 0. The van der Waals surface area contributed by atoms with Gasteiger partial charge in [0.25, 0.3) is 0 Å². The molecule has 3 aromatic rings. The van der Waals surface area contributed by atoms with Gasteiger partial charge in [0.15, 0.2) is 5.58 Å². The molecule has 0 fully saturated rings. The van der Waals surface area contributed by atoms with Crippen LogP contribution in [0.25, 0.3) is 22.2 Å². The molecule has 1 heterocycles. The zero-order valence-electron chi connectivity index (χ0n) is 8.79. The minimum atomic E-state index is 0.0941. The van der Waals surface area contributed by atoms with Gasteiger partial charge in [-0.3, -0.25) is 0 Å². The predicted octanol–water partition coefficient (Wildman–Crippen LogP) is 3.49. The topological polar surface area (TPSA) is 46.3 Å². The number of hydrogen-bond donors (Lipinski definition) is 2. The number of rotatable bonds is 1. The highest BCUT2D eigenvalue weighted by molar-refractivity contribution is 7.80. The van der Waals surface area contributed by atoms with Crippen LogP contribution in [0.4, 0.5) is 0 Å². The minimum Gasteiger partial charge on any atom is -0.507 e. The average Bonchev–Trinajstić information content (AvgIpc) is 2.74. The van der Waals surface area contributed by atoms with Gasteiger partial charge in [0.2, 0.25) is 0 Å². The standard InChI is InChI=1S/C13H9NO2S/c15-10-7-11-9(6-12(10)17)13(14-16-11)8-4-2-1-3-5-8/h1-7,15,17H. The molecule has 0 aliphatic heterocycles. The maximum absolute atomic E-state index is 9.53. The molecule has 4 heteroatoms. The fourth-order valence-electron chi connectivity index (χ4n) is 1.77. The number of benzene rings is 2. The van der Waals surface area contributed by atoms with Gasteiger partial charge in [-0.1, -0.05) is 35.5 Å². The van der Waals surface area contributed by atoms with Crippen LogP contribution in [-0.2, 0) is 0 Å². The van der Waals surface area contributed by atoms with Gasteiger partial charge in [0.1, 0.15) is 11.4 Å². The van der Waals surface area contributed by atoms with Gasteiger partial charge in [0.05, 0.1) is 5.39 Å². The van der Waals surface area contributed by atoms with Crippen molar-refractivity contribution in [1.82, 2.24) is 5.16 Å². The number of phenolic OH excluding ortho intramolecular Hbond substituents is 1. The highest BCUT2D eigenvalue weighted by Crippen LogP contribution is 2.33. The molecule has 1 aromatic heterocycles.